The zero-order valence-corrected chi connectivity index (χ0v) is 18.8. The number of methoxy groups -OCH3 is 1. The molecule has 0 saturated carbocycles. The van der Waals surface area contributed by atoms with Gasteiger partial charge in [-0.3, -0.25) is 9.79 Å². The highest BCUT2D eigenvalue weighted by atomic mass is 16.5. The molecule has 0 spiro atoms. The first-order valence-corrected chi connectivity index (χ1v) is 11.2. The van der Waals surface area contributed by atoms with E-state index in [1.807, 2.05) is 24.1 Å². The monoisotopic (exact) mass is 432 g/mol. The number of rotatable bonds is 8. The molecule has 1 aromatic rings. The van der Waals surface area contributed by atoms with Crippen LogP contribution in [-0.4, -0.2) is 88.4 Å². The Balaban J connectivity index is 1.44. The first-order chi connectivity index (χ1) is 15.2. The largest absolute Gasteiger partial charge is 0.493 e. The molecule has 0 aromatic heterocycles. The molecule has 8 nitrogen and oxygen atoms in total. The summed E-state index contributed by atoms with van der Waals surface area (Å²) in [5.41, 5.74) is 1.14. The molecule has 31 heavy (non-hydrogen) atoms. The standard InChI is InChI=1S/C23H36N4O4/c1-24-23(25-18-19-5-3-6-21(17-19)31-14-4-13-29-2)27-9-7-20(8-10-27)22(28)26-11-15-30-16-12-26/h3,5-6,17,20H,4,7-16,18H2,1-2H3,(H,24,25). The van der Waals surface area contributed by atoms with Gasteiger partial charge in [-0.1, -0.05) is 12.1 Å². The van der Waals surface area contributed by atoms with Crippen LogP contribution >= 0.6 is 0 Å². The van der Waals surface area contributed by atoms with Crippen LogP contribution in [0.25, 0.3) is 0 Å². The summed E-state index contributed by atoms with van der Waals surface area (Å²) in [6.45, 7) is 6.44. The van der Waals surface area contributed by atoms with Crippen LogP contribution < -0.4 is 10.1 Å². The normalized spacial score (nSPS) is 18.2. The third kappa shape index (κ3) is 7.11. The molecule has 1 N–H and O–H groups in total. The zero-order chi connectivity index (χ0) is 21.9. The molecular formula is C23H36N4O4. The van der Waals surface area contributed by atoms with Crippen LogP contribution in [0.3, 0.4) is 0 Å². The van der Waals surface area contributed by atoms with Gasteiger partial charge in [0.25, 0.3) is 0 Å². The SMILES string of the molecule is CN=C(NCc1cccc(OCCCOC)c1)N1CCC(C(=O)N2CCOCC2)CC1. The number of ether oxygens (including phenoxy) is 3. The molecule has 0 atom stereocenters. The first kappa shape index (κ1) is 23.3. The number of amides is 1. The van der Waals surface area contributed by atoms with Crippen molar-refractivity contribution in [1.82, 2.24) is 15.1 Å². The molecule has 2 saturated heterocycles. The van der Waals surface area contributed by atoms with Gasteiger partial charge in [0, 0.05) is 65.8 Å². The fraction of sp³-hybridized carbons (Fsp3) is 0.652. The van der Waals surface area contributed by atoms with E-state index in [4.69, 9.17) is 14.2 Å². The van der Waals surface area contributed by atoms with Crippen LogP contribution in [0.2, 0.25) is 0 Å². The van der Waals surface area contributed by atoms with E-state index in [0.717, 1.165) is 62.7 Å². The fourth-order valence-corrected chi connectivity index (χ4v) is 4.03. The number of hydrogen-bond donors (Lipinski definition) is 1. The Morgan fingerprint density at radius 1 is 1.16 bits per heavy atom. The number of carbonyl (C=O) groups excluding carboxylic acids is 1. The zero-order valence-electron chi connectivity index (χ0n) is 18.8. The summed E-state index contributed by atoms with van der Waals surface area (Å²) in [4.78, 5) is 21.4. The minimum absolute atomic E-state index is 0.111. The number of piperidine rings is 1. The van der Waals surface area contributed by atoms with Gasteiger partial charge < -0.3 is 29.3 Å². The number of likely N-dealkylation sites (tertiary alicyclic amines) is 1. The Kier molecular flexibility index (Phi) is 9.42. The van der Waals surface area contributed by atoms with Crippen LogP contribution in [-0.2, 0) is 20.8 Å². The second-order valence-electron chi connectivity index (χ2n) is 7.94. The van der Waals surface area contributed by atoms with Gasteiger partial charge in [0.15, 0.2) is 5.96 Å². The van der Waals surface area contributed by atoms with Gasteiger partial charge in [-0.2, -0.15) is 0 Å². The highest BCUT2D eigenvalue weighted by Gasteiger charge is 2.30. The third-order valence-corrected chi connectivity index (χ3v) is 5.79. The quantitative estimate of drug-likeness (QED) is 0.383. The van der Waals surface area contributed by atoms with E-state index in [0.29, 0.717) is 33.0 Å². The first-order valence-electron chi connectivity index (χ1n) is 11.2. The van der Waals surface area contributed by atoms with Crippen molar-refractivity contribution in [1.29, 1.82) is 0 Å². The van der Waals surface area contributed by atoms with Gasteiger partial charge in [-0.05, 0) is 30.5 Å². The molecule has 1 aromatic carbocycles. The maximum Gasteiger partial charge on any atom is 0.225 e. The minimum atomic E-state index is 0.111. The van der Waals surface area contributed by atoms with E-state index in [1.165, 1.54) is 0 Å². The second-order valence-corrected chi connectivity index (χ2v) is 7.94. The average Bonchev–Trinajstić information content (AvgIpc) is 2.83. The van der Waals surface area contributed by atoms with Gasteiger partial charge in [0.1, 0.15) is 5.75 Å². The number of benzene rings is 1. The fourth-order valence-electron chi connectivity index (χ4n) is 4.03. The summed E-state index contributed by atoms with van der Waals surface area (Å²) in [6, 6.07) is 8.12. The van der Waals surface area contributed by atoms with Gasteiger partial charge in [0.05, 0.1) is 19.8 Å². The predicted octanol–water partition coefficient (Wildman–Crippen LogP) is 1.75. The Bertz CT molecular complexity index is 713. The van der Waals surface area contributed by atoms with Crippen molar-refractivity contribution in [3.63, 3.8) is 0 Å². The Labute approximate surface area is 185 Å². The highest BCUT2D eigenvalue weighted by Crippen LogP contribution is 2.21. The molecule has 3 rings (SSSR count). The smallest absolute Gasteiger partial charge is 0.225 e. The van der Waals surface area contributed by atoms with Crippen molar-refractivity contribution in [3.05, 3.63) is 29.8 Å². The maximum atomic E-state index is 12.7. The van der Waals surface area contributed by atoms with E-state index in [1.54, 1.807) is 7.11 Å². The predicted molar refractivity (Wildman–Crippen MR) is 120 cm³/mol. The van der Waals surface area contributed by atoms with Crippen molar-refractivity contribution in [2.24, 2.45) is 10.9 Å². The molecule has 2 fully saturated rings. The van der Waals surface area contributed by atoms with Crippen molar-refractivity contribution in [2.75, 3.05) is 66.8 Å². The topological polar surface area (TPSA) is 75.6 Å². The Morgan fingerprint density at radius 2 is 1.94 bits per heavy atom. The summed E-state index contributed by atoms with van der Waals surface area (Å²) in [5, 5.41) is 3.45. The van der Waals surface area contributed by atoms with Gasteiger partial charge in [-0.25, -0.2) is 0 Å². The molecule has 2 heterocycles. The van der Waals surface area contributed by atoms with E-state index in [-0.39, 0.29) is 11.8 Å². The lowest BCUT2D eigenvalue weighted by molar-refractivity contribution is -0.140. The third-order valence-electron chi connectivity index (χ3n) is 5.79. The van der Waals surface area contributed by atoms with Crippen LogP contribution in [0.5, 0.6) is 5.75 Å². The van der Waals surface area contributed by atoms with Gasteiger partial charge >= 0.3 is 0 Å². The van der Waals surface area contributed by atoms with E-state index in [9.17, 15) is 4.79 Å². The van der Waals surface area contributed by atoms with E-state index < -0.39 is 0 Å². The molecule has 0 unspecified atom stereocenters. The van der Waals surface area contributed by atoms with E-state index in [2.05, 4.69) is 27.3 Å². The number of carbonyl (C=O) groups is 1. The molecular weight excluding hydrogens is 396 g/mol. The van der Waals surface area contributed by atoms with Crippen LogP contribution in [0, 0.1) is 5.92 Å². The van der Waals surface area contributed by atoms with Crippen LogP contribution in [0.15, 0.2) is 29.3 Å². The summed E-state index contributed by atoms with van der Waals surface area (Å²) in [7, 11) is 3.51. The van der Waals surface area contributed by atoms with Crippen LogP contribution in [0.4, 0.5) is 0 Å². The summed E-state index contributed by atoms with van der Waals surface area (Å²) in [6.07, 6.45) is 2.60. The summed E-state index contributed by atoms with van der Waals surface area (Å²) >= 11 is 0. The molecule has 1 amide bonds. The van der Waals surface area contributed by atoms with Crippen molar-refractivity contribution >= 4 is 11.9 Å². The Hall–Kier alpha value is -2.32. The number of nitrogens with zero attached hydrogens (tertiary/aromatic N) is 3. The van der Waals surface area contributed by atoms with Crippen molar-refractivity contribution in [3.8, 4) is 5.75 Å². The lowest BCUT2D eigenvalue weighted by atomic mass is 9.95. The highest BCUT2D eigenvalue weighted by molar-refractivity contribution is 5.81. The number of morpholine rings is 1. The Morgan fingerprint density at radius 3 is 2.65 bits per heavy atom. The average molecular weight is 433 g/mol. The molecule has 2 aliphatic heterocycles. The lowest BCUT2D eigenvalue weighted by Gasteiger charge is -2.36. The number of nitrogens with one attached hydrogen (secondary N) is 1. The summed E-state index contributed by atoms with van der Waals surface area (Å²) in [5.74, 6) is 2.14. The minimum Gasteiger partial charge on any atom is -0.493 e. The summed E-state index contributed by atoms with van der Waals surface area (Å²) < 4.78 is 16.2. The molecule has 0 radical (unpaired) electrons. The van der Waals surface area contributed by atoms with Gasteiger partial charge in [-0.15, -0.1) is 0 Å². The second kappa shape index (κ2) is 12.5. The maximum absolute atomic E-state index is 12.7. The number of aliphatic imine (C=N–C) groups is 1. The van der Waals surface area contributed by atoms with E-state index >= 15 is 0 Å². The van der Waals surface area contributed by atoms with Gasteiger partial charge in [0.2, 0.25) is 5.91 Å². The molecule has 8 heteroatoms. The molecule has 0 aliphatic carbocycles. The molecule has 172 valence electrons. The van der Waals surface area contributed by atoms with Crippen molar-refractivity contribution < 1.29 is 19.0 Å². The van der Waals surface area contributed by atoms with Crippen LogP contribution in [0.1, 0.15) is 24.8 Å². The number of guanidine groups is 1. The molecule has 2 aliphatic rings. The van der Waals surface area contributed by atoms with Crippen molar-refractivity contribution in [2.45, 2.75) is 25.8 Å². The number of hydrogen-bond acceptors (Lipinski definition) is 5. The molecule has 0 bridgehead atoms. The lowest BCUT2D eigenvalue weighted by Crippen LogP contribution is -2.49.